The van der Waals surface area contributed by atoms with Crippen LogP contribution in [0.1, 0.15) is 67.1 Å². The van der Waals surface area contributed by atoms with Crippen molar-refractivity contribution >= 4 is 12.2 Å². The van der Waals surface area contributed by atoms with Crippen molar-refractivity contribution in [1.29, 1.82) is 0 Å². The smallest absolute Gasteiger partial charge is 0.0351 e. The van der Waals surface area contributed by atoms with Gasteiger partial charge >= 0.3 is 0 Å². The Kier molecular flexibility index (Phi) is 2.58. The third-order valence-electron chi connectivity index (χ3n) is 7.03. The summed E-state index contributed by atoms with van der Waals surface area (Å²) in [7, 11) is 0. The second kappa shape index (κ2) is 4.89. The van der Waals surface area contributed by atoms with Crippen LogP contribution in [0.2, 0.25) is 0 Å². The van der Waals surface area contributed by atoms with Gasteiger partial charge in [0.25, 0.3) is 0 Å². The molecule has 0 bridgehead atoms. The lowest BCUT2D eigenvalue weighted by Crippen LogP contribution is -2.23. The van der Waals surface area contributed by atoms with Crippen molar-refractivity contribution in [1.82, 2.24) is 0 Å². The molecule has 0 heteroatoms. The maximum atomic E-state index is 2.50. The Balaban J connectivity index is 1.55. The van der Waals surface area contributed by atoms with Crippen molar-refractivity contribution in [3.05, 3.63) is 116 Å². The molecule has 0 aliphatic heterocycles. The standard InChI is InChI=1S/C27H20/c1-4-16-10-22-12-20-8-3-9-21-13-23-11-17-5-2-7-19(17)15-25(23)27(26(20)21)24(22)14-18(16)6-1/h1-3,6-11,14-15,27H,4-5,12-13H2. The Morgan fingerprint density at radius 2 is 1.15 bits per heavy atom. The van der Waals surface area contributed by atoms with E-state index in [-0.39, 0.29) is 0 Å². The summed E-state index contributed by atoms with van der Waals surface area (Å²) in [5.74, 6) is 0.405. The molecule has 0 N–H and O–H groups in total. The topological polar surface area (TPSA) is 0 Å². The summed E-state index contributed by atoms with van der Waals surface area (Å²) in [5, 5.41) is 0. The molecule has 0 atom stereocenters. The van der Waals surface area contributed by atoms with Gasteiger partial charge in [0.05, 0.1) is 0 Å². The van der Waals surface area contributed by atoms with Crippen LogP contribution in [-0.2, 0) is 25.7 Å². The van der Waals surface area contributed by atoms with Crippen LogP contribution >= 0.6 is 0 Å². The van der Waals surface area contributed by atoms with E-state index in [1.165, 1.54) is 44.5 Å². The molecule has 0 heterocycles. The SMILES string of the molecule is C1=Cc2cc3c(cc2C1)Cc1cccc2c1C3c1cc3c(cc1C2)CC=C3. The van der Waals surface area contributed by atoms with Gasteiger partial charge in [0, 0.05) is 5.92 Å². The van der Waals surface area contributed by atoms with Crippen LogP contribution in [0.3, 0.4) is 0 Å². The van der Waals surface area contributed by atoms with Gasteiger partial charge in [-0.25, -0.2) is 0 Å². The van der Waals surface area contributed by atoms with Gasteiger partial charge in [0.1, 0.15) is 0 Å². The average molecular weight is 344 g/mol. The molecule has 27 heavy (non-hydrogen) atoms. The highest BCUT2D eigenvalue weighted by Gasteiger charge is 2.34. The molecule has 0 spiro atoms. The summed E-state index contributed by atoms with van der Waals surface area (Å²) in [6.07, 6.45) is 13.6. The molecule has 3 aromatic carbocycles. The molecule has 4 aliphatic carbocycles. The number of hydrogen-bond donors (Lipinski definition) is 0. The van der Waals surface area contributed by atoms with Gasteiger partial charge in [-0.2, -0.15) is 0 Å². The molecular formula is C27H20. The molecule has 0 saturated heterocycles. The Hall–Kier alpha value is -2.86. The van der Waals surface area contributed by atoms with Gasteiger partial charge in [-0.1, -0.05) is 66.8 Å². The Morgan fingerprint density at radius 1 is 0.593 bits per heavy atom. The third kappa shape index (κ3) is 1.83. The minimum atomic E-state index is 0.405. The summed E-state index contributed by atoms with van der Waals surface area (Å²) in [5.41, 5.74) is 16.7. The highest BCUT2D eigenvalue weighted by molar-refractivity contribution is 5.70. The van der Waals surface area contributed by atoms with Gasteiger partial charge in [-0.05, 0) is 86.9 Å². The van der Waals surface area contributed by atoms with Crippen molar-refractivity contribution in [2.75, 3.05) is 0 Å². The number of benzene rings is 3. The summed E-state index contributed by atoms with van der Waals surface area (Å²) in [6, 6.07) is 17.0. The van der Waals surface area contributed by atoms with E-state index in [1.54, 1.807) is 16.7 Å². The van der Waals surface area contributed by atoms with Crippen LogP contribution < -0.4 is 0 Å². The zero-order chi connectivity index (χ0) is 17.5. The van der Waals surface area contributed by atoms with Crippen molar-refractivity contribution in [2.24, 2.45) is 0 Å². The van der Waals surface area contributed by atoms with E-state index in [0.29, 0.717) is 5.92 Å². The van der Waals surface area contributed by atoms with E-state index in [4.69, 9.17) is 0 Å². The zero-order valence-corrected chi connectivity index (χ0v) is 15.3. The van der Waals surface area contributed by atoms with Crippen molar-refractivity contribution in [2.45, 2.75) is 31.6 Å². The molecule has 0 fully saturated rings. The van der Waals surface area contributed by atoms with Crippen molar-refractivity contribution in [3.8, 4) is 0 Å². The molecule has 0 amide bonds. The second-order valence-electron chi connectivity index (χ2n) is 8.49. The predicted octanol–water partition coefficient (Wildman–Crippen LogP) is 5.81. The van der Waals surface area contributed by atoms with E-state index in [2.05, 4.69) is 66.8 Å². The molecular weight excluding hydrogens is 324 g/mol. The minimum Gasteiger partial charge on any atom is -0.0795 e. The molecule has 4 aliphatic rings. The minimum absolute atomic E-state index is 0.405. The molecule has 0 unspecified atom stereocenters. The highest BCUT2D eigenvalue weighted by Crippen LogP contribution is 2.49. The lowest BCUT2D eigenvalue weighted by atomic mass is 9.67. The zero-order valence-electron chi connectivity index (χ0n) is 15.3. The van der Waals surface area contributed by atoms with Crippen molar-refractivity contribution in [3.63, 3.8) is 0 Å². The van der Waals surface area contributed by atoms with Gasteiger partial charge in [-0.15, -0.1) is 0 Å². The highest BCUT2D eigenvalue weighted by atomic mass is 14.4. The van der Waals surface area contributed by atoms with Gasteiger partial charge in [-0.3, -0.25) is 0 Å². The average Bonchev–Trinajstić information content (AvgIpc) is 3.32. The summed E-state index contributed by atoms with van der Waals surface area (Å²) in [6.45, 7) is 0. The van der Waals surface area contributed by atoms with E-state index in [0.717, 1.165) is 25.7 Å². The largest absolute Gasteiger partial charge is 0.0795 e. The summed E-state index contributed by atoms with van der Waals surface area (Å²) in [4.78, 5) is 0. The Labute approximate surface area is 159 Å². The number of fused-ring (bicyclic) bond motifs is 6. The lowest BCUT2D eigenvalue weighted by Gasteiger charge is -2.36. The maximum Gasteiger partial charge on any atom is 0.0351 e. The van der Waals surface area contributed by atoms with Crippen LogP contribution in [0, 0.1) is 0 Å². The second-order valence-corrected chi connectivity index (χ2v) is 8.49. The van der Waals surface area contributed by atoms with Crippen LogP contribution in [0.5, 0.6) is 0 Å². The molecule has 7 rings (SSSR count). The third-order valence-corrected chi connectivity index (χ3v) is 7.03. The number of allylic oxidation sites excluding steroid dienone is 2. The van der Waals surface area contributed by atoms with E-state index < -0.39 is 0 Å². The van der Waals surface area contributed by atoms with Gasteiger partial charge < -0.3 is 0 Å². The first-order valence-electron chi connectivity index (χ1n) is 10.1. The van der Waals surface area contributed by atoms with Crippen LogP contribution in [0.4, 0.5) is 0 Å². The Bertz CT molecular complexity index is 1130. The van der Waals surface area contributed by atoms with E-state index >= 15 is 0 Å². The fourth-order valence-electron chi connectivity index (χ4n) is 5.83. The maximum absolute atomic E-state index is 2.50. The van der Waals surface area contributed by atoms with Crippen LogP contribution in [0.15, 0.2) is 54.6 Å². The quantitative estimate of drug-likeness (QED) is 0.332. The molecule has 0 saturated carbocycles. The van der Waals surface area contributed by atoms with E-state index in [9.17, 15) is 0 Å². The van der Waals surface area contributed by atoms with Crippen LogP contribution in [-0.4, -0.2) is 0 Å². The monoisotopic (exact) mass is 344 g/mol. The first-order valence-corrected chi connectivity index (χ1v) is 10.1. The van der Waals surface area contributed by atoms with Gasteiger partial charge in [0.2, 0.25) is 0 Å². The molecule has 3 aromatic rings. The fourth-order valence-corrected chi connectivity index (χ4v) is 5.83. The van der Waals surface area contributed by atoms with Gasteiger partial charge in [0.15, 0.2) is 0 Å². The predicted molar refractivity (Wildman–Crippen MR) is 111 cm³/mol. The number of rotatable bonds is 0. The molecule has 0 aromatic heterocycles. The molecule has 0 radical (unpaired) electrons. The normalized spacial score (nSPS) is 17.3. The molecule has 0 nitrogen and oxygen atoms in total. The molecule has 128 valence electrons. The van der Waals surface area contributed by atoms with Crippen LogP contribution in [0.25, 0.3) is 12.2 Å². The summed E-state index contributed by atoms with van der Waals surface area (Å²) >= 11 is 0. The summed E-state index contributed by atoms with van der Waals surface area (Å²) < 4.78 is 0. The van der Waals surface area contributed by atoms with Crippen molar-refractivity contribution < 1.29 is 0 Å². The van der Waals surface area contributed by atoms with E-state index in [1.807, 2.05) is 0 Å². The first-order chi connectivity index (χ1) is 13.3. The Morgan fingerprint density at radius 3 is 1.70 bits per heavy atom. The number of hydrogen-bond acceptors (Lipinski definition) is 0. The first kappa shape index (κ1) is 14.2. The lowest BCUT2D eigenvalue weighted by molar-refractivity contribution is 0.821. The fraction of sp³-hybridized carbons (Fsp3) is 0.185.